The van der Waals surface area contributed by atoms with Gasteiger partial charge in [-0.3, -0.25) is 4.90 Å². The molecule has 0 radical (unpaired) electrons. The van der Waals surface area contributed by atoms with Crippen molar-refractivity contribution in [1.29, 1.82) is 0 Å². The van der Waals surface area contributed by atoms with Crippen LogP contribution in [-0.4, -0.2) is 19.7 Å². The van der Waals surface area contributed by atoms with Crippen LogP contribution in [0.3, 0.4) is 0 Å². The lowest BCUT2D eigenvalue weighted by Gasteiger charge is -2.44. The van der Waals surface area contributed by atoms with Crippen molar-refractivity contribution < 1.29 is 8.78 Å². The number of aromatic amines is 1. The number of hydrogen-bond acceptors (Lipinski definition) is 2. The zero-order chi connectivity index (χ0) is 27.5. The number of alkyl halides is 1. The van der Waals surface area contributed by atoms with Crippen LogP contribution in [0.5, 0.6) is 0 Å². The fraction of sp³-hybridized carbons (Fsp3) is 0.344. The third kappa shape index (κ3) is 3.16. The number of H-pyrrole nitrogens is 1. The number of nitrogens with one attached hydrogen (secondary N) is 1. The molecule has 3 aliphatic rings. The Kier molecular flexibility index (Phi) is 5.04. The van der Waals surface area contributed by atoms with E-state index in [2.05, 4.69) is 60.5 Å². The van der Waals surface area contributed by atoms with E-state index in [1.807, 2.05) is 18.3 Å². The molecule has 2 atom stereocenters. The van der Waals surface area contributed by atoms with Gasteiger partial charge >= 0.3 is 0 Å². The predicted molar refractivity (Wildman–Crippen MR) is 150 cm³/mol. The van der Waals surface area contributed by atoms with Gasteiger partial charge in [0.05, 0.1) is 33.7 Å². The summed E-state index contributed by atoms with van der Waals surface area (Å²) < 4.78 is 32.1. The molecular weight excluding hydrogens is 514 g/mol. The normalized spacial score (nSPS) is 24.5. The van der Waals surface area contributed by atoms with Gasteiger partial charge in [0.15, 0.2) is 5.67 Å². The second-order valence-corrected chi connectivity index (χ2v) is 12.3. The number of aromatic nitrogens is 3. The summed E-state index contributed by atoms with van der Waals surface area (Å²) in [7, 11) is 0. The molecule has 4 aromatic rings. The van der Waals surface area contributed by atoms with Crippen molar-refractivity contribution >= 4 is 17.2 Å². The van der Waals surface area contributed by atoms with E-state index in [9.17, 15) is 4.39 Å². The minimum absolute atomic E-state index is 0.342. The van der Waals surface area contributed by atoms with E-state index < -0.39 is 16.6 Å². The number of rotatable bonds is 3. The number of nitrogens with zero attached hydrogens (tertiary/aromatic N) is 3. The third-order valence-electron chi connectivity index (χ3n) is 9.28. The van der Waals surface area contributed by atoms with Crippen molar-refractivity contribution in [1.82, 2.24) is 19.7 Å². The lowest BCUT2D eigenvalue weighted by atomic mass is 9.62. The summed E-state index contributed by atoms with van der Waals surface area (Å²) in [5.41, 5.74) is 7.32. The van der Waals surface area contributed by atoms with Gasteiger partial charge in [0, 0.05) is 35.4 Å². The summed E-state index contributed by atoms with van der Waals surface area (Å²) in [5.74, 6) is -0.342. The minimum Gasteiger partial charge on any atom is -0.362 e. The monoisotopic (exact) mass is 544 g/mol. The Morgan fingerprint density at radius 2 is 1.87 bits per heavy atom. The first-order valence-corrected chi connectivity index (χ1v) is 13.9. The average molecular weight is 545 g/mol. The fourth-order valence-electron chi connectivity index (χ4n) is 7.18. The first-order chi connectivity index (χ1) is 18.5. The summed E-state index contributed by atoms with van der Waals surface area (Å²) in [4.78, 5) is 5.55. The molecule has 0 fully saturated rings. The maximum Gasteiger partial charge on any atom is 0.166 e. The number of fused-ring (bicyclic) bond motifs is 10. The zero-order valence-electron chi connectivity index (χ0n) is 22.8. The highest BCUT2D eigenvalue weighted by molar-refractivity contribution is 6.31. The number of aryl methyl sites for hydroxylation is 1. The van der Waals surface area contributed by atoms with Gasteiger partial charge in [0.1, 0.15) is 5.82 Å². The summed E-state index contributed by atoms with van der Waals surface area (Å²) in [6.07, 6.45) is 4.50. The summed E-state index contributed by atoms with van der Waals surface area (Å²) in [5, 5.41) is 5.77. The molecular formula is C32H31ClF2N4. The second kappa shape index (κ2) is 7.92. The van der Waals surface area contributed by atoms with E-state index in [0.717, 1.165) is 51.3 Å². The second-order valence-electron chi connectivity index (χ2n) is 11.9. The van der Waals surface area contributed by atoms with Gasteiger partial charge < -0.3 is 4.98 Å². The molecule has 2 aromatic heterocycles. The molecule has 1 aliphatic carbocycles. The number of hydrogen-bond donors (Lipinski definition) is 1. The van der Waals surface area contributed by atoms with E-state index in [0.29, 0.717) is 23.8 Å². The van der Waals surface area contributed by atoms with E-state index in [1.165, 1.54) is 17.7 Å². The Bertz CT molecular complexity index is 1710. The van der Waals surface area contributed by atoms with E-state index in [-0.39, 0.29) is 5.82 Å². The maximum absolute atomic E-state index is 16.2. The van der Waals surface area contributed by atoms with Gasteiger partial charge in [-0.1, -0.05) is 42.8 Å². The summed E-state index contributed by atoms with van der Waals surface area (Å²) in [6, 6.07) is 12.9. The van der Waals surface area contributed by atoms with Gasteiger partial charge in [0.2, 0.25) is 0 Å². The molecule has 4 nitrogen and oxygen atoms in total. The molecule has 0 saturated carbocycles. The molecule has 39 heavy (non-hydrogen) atoms. The molecule has 2 unspecified atom stereocenters. The van der Waals surface area contributed by atoms with Crippen LogP contribution in [0, 0.1) is 5.82 Å². The van der Waals surface area contributed by atoms with Crippen molar-refractivity contribution in [3.05, 3.63) is 110 Å². The zero-order valence-corrected chi connectivity index (χ0v) is 23.5. The number of halogens is 3. The van der Waals surface area contributed by atoms with E-state index in [1.54, 1.807) is 13.0 Å². The van der Waals surface area contributed by atoms with Crippen molar-refractivity contribution in [2.45, 2.75) is 70.8 Å². The van der Waals surface area contributed by atoms with Gasteiger partial charge in [0.25, 0.3) is 0 Å². The summed E-state index contributed by atoms with van der Waals surface area (Å²) >= 11 is 6.44. The number of para-hydroxylation sites is 1. The topological polar surface area (TPSA) is 36.9 Å². The number of allylic oxidation sites excluding steroid dienone is 2. The van der Waals surface area contributed by atoms with Crippen molar-refractivity contribution in [3.63, 3.8) is 0 Å². The molecule has 0 saturated heterocycles. The van der Waals surface area contributed by atoms with Gasteiger partial charge in [-0.05, 0) is 80.7 Å². The minimum atomic E-state index is -1.62. The largest absolute Gasteiger partial charge is 0.362 e. The molecule has 2 aromatic carbocycles. The van der Waals surface area contributed by atoms with Crippen molar-refractivity contribution in [2.75, 3.05) is 0 Å². The Hall–Kier alpha value is -3.22. The first kappa shape index (κ1) is 24.8. The SMILES string of the molecule is CCc1cccc2c1-n1nc3c(c1C1(C)C2=CC(C)(F)c2[nH]ccc21)CN(Cc1ccc(F)cc1Cl)C3(C)C. The Morgan fingerprint density at radius 1 is 1.08 bits per heavy atom. The van der Waals surface area contributed by atoms with Crippen molar-refractivity contribution in [3.8, 4) is 5.69 Å². The molecule has 200 valence electrons. The molecule has 4 heterocycles. The predicted octanol–water partition coefficient (Wildman–Crippen LogP) is 7.71. The molecule has 7 heteroatoms. The molecule has 0 amide bonds. The lowest BCUT2D eigenvalue weighted by Crippen LogP contribution is -2.41. The standard InChI is InChI=1S/C32H31ClF2N4/c1-6-18-8-7-9-21-24-15-31(4,35)28-23(12-13-36-28)32(24,5)29-22-17-38(16-19-10-11-20(34)14-25(19)33)30(2,3)27(22)37-39(29)26(18)21/h7-15,36H,6,16-17H2,1-5H3. The van der Waals surface area contributed by atoms with Crippen LogP contribution in [0.2, 0.25) is 5.02 Å². The van der Waals surface area contributed by atoms with Gasteiger partial charge in [-0.25, -0.2) is 13.5 Å². The van der Waals surface area contributed by atoms with Crippen LogP contribution >= 0.6 is 11.6 Å². The van der Waals surface area contributed by atoms with Gasteiger partial charge in [-0.2, -0.15) is 5.10 Å². The Balaban J connectivity index is 1.48. The highest BCUT2D eigenvalue weighted by Gasteiger charge is 2.54. The molecule has 1 N–H and O–H groups in total. The molecule has 2 aliphatic heterocycles. The smallest absolute Gasteiger partial charge is 0.166 e. The Labute approximate surface area is 232 Å². The maximum atomic E-state index is 16.2. The summed E-state index contributed by atoms with van der Waals surface area (Å²) in [6.45, 7) is 11.6. The molecule has 0 spiro atoms. The Morgan fingerprint density at radius 3 is 2.62 bits per heavy atom. The molecule has 0 bridgehead atoms. The van der Waals surface area contributed by atoms with Crippen LogP contribution in [-0.2, 0) is 36.1 Å². The van der Waals surface area contributed by atoms with Crippen LogP contribution in [0.4, 0.5) is 8.78 Å². The van der Waals surface area contributed by atoms with Crippen LogP contribution in [0.15, 0.2) is 54.7 Å². The highest BCUT2D eigenvalue weighted by Crippen LogP contribution is 2.59. The van der Waals surface area contributed by atoms with E-state index in [4.69, 9.17) is 16.7 Å². The van der Waals surface area contributed by atoms with Crippen LogP contribution in [0.25, 0.3) is 11.3 Å². The van der Waals surface area contributed by atoms with Crippen molar-refractivity contribution in [2.24, 2.45) is 0 Å². The quantitative estimate of drug-likeness (QED) is 0.287. The van der Waals surface area contributed by atoms with Crippen LogP contribution in [0.1, 0.15) is 79.5 Å². The first-order valence-electron chi connectivity index (χ1n) is 13.5. The van der Waals surface area contributed by atoms with E-state index >= 15 is 4.39 Å². The fourth-order valence-corrected chi connectivity index (χ4v) is 7.41. The van der Waals surface area contributed by atoms with Gasteiger partial charge in [-0.15, -0.1) is 0 Å². The average Bonchev–Trinajstić information content (AvgIpc) is 3.59. The third-order valence-corrected chi connectivity index (χ3v) is 9.64. The lowest BCUT2D eigenvalue weighted by molar-refractivity contribution is 0.122. The number of benzene rings is 2. The highest BCUT2D eigenvalue weighted by atomic mass is 35.5. The van der Waals surface area contributed by atoms with Crippen LogP contribution < -0.4 is 0 Å². The molecule has 7 rings (SSSR count).